The molecule has 0 fully saturated rings. The third-order valence-corrected chi connectivity index (χ3v) is 2.56. The SMILES string of the molecule is O[PH](O)(O)[CH]C[PH](O)(O)O. The quantitative estimate of drug-likeness (QED) is 0.291. The van der Waals surface area contributed by atoms with Crippen LogP contribution in [0.3, 0.4) is 0 Å². The van der Waals surface area contributed by atoms with Crippen LogP contribution in [0.2, 0.25) is 0 Å². The van der Waals surface area contributed by atoms with Gasteiger partial charge in [0.2, 0.25) is 0 Å². The van der Waals surface area contributed by atoms with Gasteiger partial charge >= 0.3 is 57.6 Å². The Labute approximate surface area is 58.6 Å². The summed E-state index contributed by atoms with van der Waals surface area (Å²) in [6.45, 7) is 0. The molecule has 0 aromatic rings. The summed E-state index contributed by atoms with van der Waals surface area (Å²) in [5.74, 6) is 0. The van der Waals surface area contributed by atoms with E-state index in [1.165, 1.54) is 0 Å². The molecule has 65 valence electrons. The van der Waals surface area contributed by atoms with Crippen molar-refractivity contribution in [1.29, 1.82) is 0 Å². The molecule has 8 heteroatoms. The van der Waals surface area contributed by atoms with Crippen molar-refractivity contribution in [2.75, 3.05) is 6.16 Å². The second kappa shape index (κ2) is 3.34. The van der Waals surface area contributed by atoms with E-state index in [0.717, 1.165) is 0 Å². The van der Waals surface area contributed by atoms with Crippen LogP contribution in [0.4, 0.5) is 0 Å². The average molecular weight is 193 g/mol. The number of hydrogen-bond acceptors (Lipinski definition) is 6. The first-order chi connectivity index (χ1) is 4.21. The van der Waals surface area contributed by atoms with E-state index < -0.39 is 22.0 Å². The van der Waals surface area contributed by atoms with Crippen molar-refractivity contribution in [2.24, 2.45) is 0 Å². The molecule has 0 unspecified atom stereocenters. The fourth-order valence-electron chi connectivity index (χ4n) is 0.274. The molecule has 0 aliphatic carbocycles. The Bertz CT molecular complexity index is 87.3. The van der Waals surface area contributed by atoms with Crippen LogP contribution in [-0.4, -0.2) is 35.5 Å². The summed E-state index contributed by atoms with van der Waals surface area (Å²) < 4.78 is 0. The van der Waals surface area contributed by atoms with E-state index in [0.29, 0.717) is 6.16 Å². The Morgan fingerprint density at radius 3 is 1.40 bits per heavy atom. The van der Waals surface area contributed by atoms with E-state index in [2.05, 4.69) is 0 Å². The van der Waals surface area contributed by atoms with Crippen LogP contribution < -0.4 is 0 Å². The minimum atomic E-state index is -4.34. The van der Waals surface area contributed by atoms with Gasteiger partial charge in [0.05, 0.1) is 0 Å². The van der Waals surface area contributed by atoms with Gasteiger partial charge in [0.1, 0.15) is 0 Å². The second-order valence-corrected chi connectivity index (χ2v) is 5.61. The van der Waals surface area contributed by atoms with Crippen LogP contribution in [0, 0.1) is 6.16 Å². The monoisotopic (exact) mass is 193 g/mol. The summed E-state index contributed by atoms with van der Waals surface area (Å²) in [6.07, 6.45) is -0.165. The zero-order valence-corrected chi connectivity index (χ0v) is 6.97. The fraction of sp³-hybridized carbons (Fsp3) is 0.500. The van der Waals surface area contributed by atoms with E-state index in [1.54, 1.807) is 0 Å². The van der Waals surface area contributed by atoms with Crippen LogP contribution in [0.15, 0.2) is 0 Å². The van der Waals surface area contributed by atoms with Gasteiger partial charge in [-0.15, -0.1) is 0 Å². The molecule has 0 aromatic heterocycles. The third-order valence-electron chi connectivity index (χ3n) is 0.650. The molecule has 0 atom stereocenters. The van der Waals surface area contributed by atoms with Crippen molar-refractivity contribution in [1.82, 2.24) is 0 Å². The molecular weight excluding hydrogens is 182 g/mol. The fourth-order valence-corrected chi connectivity index (χ4v) is 2.46. The first kappa shape index (κ1) is 10.6. The van der Waals surface area contributed by atoms with E-state index in [4.69, 9.17) is 29.4 Å². The predicted molar refractivity (Wildman–Crippen MR) is 39.1 cm³/mol. The molecule has 0 aliphatic heterocycles. The van der Waals surface area contributed by atoms with Gasteiger partial charge in [-0.2, -0.15) is 0 Å². The first-order valence-electron chi connectivity index (χ1n) is 2.39. The standard InChI is InChI=1S/C2H11O6P2/c3-9(4,5)1-2-10(6,7)8/h1,3-10H,2H2. The molecule has 1 radical (unpaired) electrons. The third kappa shape index (κ3) is 8.62. The molecule has 0 heterocycles. The molecular formula is C2H11O6P2. The summed E-state index contributed by atoms with van der Waals surface area (Å²) in [6, 6.07) is 0. The molecule has 0 aliphatic rings. The Kier molecular flexibility index (Phi) is 3.55. The molecule has 0 aromatic carbocycles. The van der Waals surface area contributed by atoms with Gasteiger partial charge in [-0.3, -0.25) is 0 Å². The Morgan fingerprint density at radius 2 is 1.30 bits per heavy atom. The van der Waals surface area contributed by atoms with Crippen molar-refractivity contribution in [3.63, 3.8) is 0 Å². The van der Waals surface area contributed by atoms with Crippen LogP contribution >= 0.6 is 15.9 Å². The maximum atomic E-state index is 8.29. The summed E-state index contributed by atoms with van der Waals surface area (Å²) in [4.78, 5) is 49.7. The summed E-state index contributed by atoms with van der Waals surface area (Å²) in [5.41, 5.74) is 0. The molecule has 6 nitrogen and oxygen atoms in total. The molecule has 0 bridgehead atoms. The molecule has 6 N–H and O–H groups in total. The van der Waals surface area contributed by atoms with Gasteiger partial charge in [0, 0.05) is 0 Å². The van der Waals surface area contributed by atoms with Gasteiger partial charge in [0.25, 0.3) is 0 Å². The van der Waals surface area contributed by atoms with Gasteiger partial charge in [0.15, 0.2) is 0 Å². The van der Waals surface area contributed by atoms with E-state index >= 15 is 0 Å². The Hall–Kier alpha value is 0.620. The topological polar surface area (TPSA) is 121 Å². The van der Waals surface area contributed by atoms with Gasteiger partial charge in [-0.25, -0.2) is 0 Å². The van der Waals surface area contributed by atoms with Gasteiger partial charge in [-0.05, 0) is 0 Å². The minimum absolute atomic E-state index is 0.513. The predicted octanol–water partition coefficient (Wildman–Crippen LogP) is -1.91. The Balaban J connectivity index is 3.56. The van der Waals surface area contributed by atoms with E-state index in [9.17, 15) is 0 Å². The molecule has 0 saturated carbocycles. The summed E-state index contributed by atoms with van der Waals surface area (Å²) in [5, 5.41) is 0. The van der Waals surface area contributed by atoms with Crippen molar-refractivity contribution in [3.8, 4) is 0 Å². The van der Waals surface area contributed by atoms with E-state index in [1.807, 2.05) is 0 Å². The van der Waals surface area contributed by atoms with Crippen molar-refractivity contribution >= 4 is 15.9 Å². The van der Waals surface area contributed by atoms with Gasteiger partial charge in [-0.1, -0.05) is 0 Å². The average Bonchev–Trinajstić information content (AvgIpc) is 1.57. The van der Waals surface area contributed by atoms with Crippen LogP contribution in [0.25, 0.3) is 0 Å². The molecule has 0 rings (SSSR count). The number of hydrogen-bond donors (Lipinski definition) is 6. The number of rotatable bonds is 3. The van der Waals surface area contributed by atoms with E-state index in [-0.39, 0.29) is 0 Å². The normalized spacial score (nSPS) is 17.0. The molecule has 0 saturated heterocycles. The molecule has 0 spiro atoms. The maximum absolute atomic E-state index is 8.29. The van der Waals surface area contributed by atoms with Gasteiger partial charge < -0.3 is 0 Å². The zero-order valence-electron chi connectivity index (χ0n) is 4.97. The molecule has 0 amide bonds. The second-order valence-electron chi connectivity index (χ2n) is 1.87. The van der Waals surface area contributed by atoms with Crippen molar-refractivity contribution in [2.45, 2.75) is 0 Å². The zero-order chi connectivity index (χ0) is 8.41. The summed E-state index contributed by atoms with van der Waals surface area (Å²) >= 11 is 0. The van der Waals surface area contributed by atoms with Crippen LogP contribution in [-0.2, 0) is 0 Å². The molecule has 10 heavy (non-hydrogen) atoms. The van der Waals surface area contributed by atoms with Crippen LogP contribution in [0.1, 0.15) is 0 Å². The van der Waals surface area contributed by atoms with Crippen molar-refractivity contribution < 1.29 is 29.4 Å². The van der Waals surface area contributed by atoms with Crippen molar-refractivity contribution in [3.05, 3.63) is 6.16 Å². The Morgan fingerprint density at radius 1 is 0.900 bits per heavy atom. The summed E-state index contributed by atoms with van der Waals surface area (Å²) in [7, 11) is -8.61. The van der Waals surface area contributed by atoms with Crippen LogP contribution in [0.5, 0.6) is 0 Å². The first-order valence-corrected chi connectivity index (χ1v) is 6.36.